The lowest BCUT2D eigenvalue weighted by Gasteiger charge is -2.11. The summed E-state index contributed by atoms with van der Waals surface area (Å²) in [6, 6.07) is 23.4. The van der Waals surface area contributed by atoms with Crippen molar-refractivity contribution in [3.05, 3.63) is 94.0 Å². The summed E-state index contributed by atoms with van der Waals surface area (Å²) >= 11 is 12.0. The molecule has 3 aromatic carbocycles. The minimum atomic E-state index is 0.441. The monoisotopic (exact) mass is 372 g/mol. The maximum absolute atomic E-state index is 6.03. The summed E-state index contributed by atoms with van der Waals surface area (Å²) in [6.07, 6.45) is 0. The summed E-state index contributed by atoms with van der Waals surface area (Å²) < 4.78 is 5.84. The van der Waals surface area contributed by atoms with Gasteiger partial charge < -0.3 is 10.2 Å². The minimum Gasteiger partial charge on any atom is -0.489 e. The number of hydrogen-bond donors (Lipinski definition) is 2. The molecule has 0 saturated carbocycles. The first-order chi connectivity index (χ1) is 12.2. The van der Waals surface area contributed by atoms with Crippen molar-refractivity contribution in [2.24, 2.45) is 0 Å². The Bertz CT molecular complexity index is 825. The van der Waals surface area contributed by atoms with E-state index in [1.807, 2.05) is 66.7 Å². The summed E-state index contributed by atoms with van der Waals surface area (Å²) in [6.45, 7) is 1.12. The largest absolute Gasteiger partial charge is 0.489 e. The molecule has 0 aliphatic carbocycles. The van der Waals surface area contributed by atoms with Gasteiger partial charge in [0.2, 0.25) is 0 Å². The third-order valence-electron chi connectivity index (χ3n) is 3.59. The normalized spacial score (nSPS) is 10.5. The predicted molar refractivity (Wildman–Crippen MR) is 104 cm³/mol. The lowest BCUT2D eigenvalue weighted by Crippen LogP contribution is -2.20. The van der Waals surface area contributed by atoms with Crippen LogP contribution in [0.15, 0.2) is 72.8 Å². The highest BCUT2D eigenvalue weighted by Crippen LogP contribution is 2.23. The number of anilines is 1. The molecule has 3 aromatic rings. The van der Waals surface area contributed by atoms with Gasteiger partial charge in [-0.3, -0.25) is 0 Å². The fraction of sp³-hybridized carbons (Fsp3) is 0.100. The molecular formula is C20H18Cl2N2O. The second kappa shape index (κ2) is 8.77. The third-order valence-corrected chi connectivity index (χ3v) is 4.33. The molecule has 3 nitrogen and oxygen atoms in total. The number of hydrazine groups is 1. The van der Waals surface area contributed by atoms with E-state index in [1.54, 1.807) is 6.07 Å². The van der Waals surface area contributed by atoms with Gasteiger partial charge in [-0.05, 0) is 47.5 Å². The molecule has 0 fully saturated rings. The molecule has 2 N–H and O–H groups in total. The molecule has 0 aliphatic rings. The van der Waals surface area contributed by atoms with E-state index in [0.717, 1.165) is 22.6 Å². The number of para-hydroxylation sites is 1. The number of benzene rings is 3. The molecule has 3 rings (SSSR count). The van der Waals surface area contributed by atoms with Crippen molar-refractivity contribution in [2.75, 3.05) is 5.43 Å². The van der Waals surface area contributed by atoms with Crippen LogP contribution in [0.25, 0.3) is 0 Å². The Hall–Kier alpha value is -2.20. The molecule has 0 bridgehead atoms. The summed E-state index contributed by atoms with van der Waals surface area (Å²) in [5.74, 6) is 0.810. The van der Waals surface area contributed by atoms with Crippen LogP contribution in [0.4, 0.5) is 5.69 Å². The van der Waals surface area contributed by atoms with Crippen molar-refractivity contribution in [2.45, 2.75) is 13.2 Å². The van der Waals surface area contributed by atoms with Gasteiger partial charge >= 0.3 is 0 Å². The molecule has 0 saturated heterocycles. The summed E-state index contributed by atoms with van der Waals surface area (Å²) in [5, 5.41) is 1.08. The molecule has 0 atom stereocenters. The van der Waals surface area contributed by atoms with Gasteiger partial charge in [-0.1, -0.05) is 59.6 Å². The van der Waals surface area contributed by atoms with Crippen molar-refractivity contribution in [3.8, 4) is 5.75 Å². The van der Waals surface area contributed by atoms with Crippen LogP contribution in [-0.2, 0) is 13.2 Å². The quantitative estimate of drug-likeness (QED) is 0.522. The Morgan fingerprint density at radius 2 is 1.60 bits per heavy atom. The lowest BCUT2D eigenvalue weighted by atomic mass is 10.2. The van der Waals surface area contributed by atoms with Crippen molar-refractivity contribution in [3.63, 3.8) is 0 Å². The summed E-state index contributed by atoms with van der Waals surface area (Å²) in [7, 11) is 0. The maximum Gasteiger partial charge on any atom is 0.120 e. The van der Waals surface area contributed by atoms with Crippen LogP contribution >= 0.6 is 23.2 Å². The molecule has 0 amide bonds. The second-order valence-corrected chi connectivity index (χ2v) is 6.34. The van der Waals surface area contributed by atoms with Crippen LogP contribution in [0.3, 0.4) is 0 Å². The van der Waals surface area contributed by atoms with E-state index >= 15 is 0 Å². The Morgan fingerprint density at radius 1 is 0.760 bits per heavy atom. The maximum atomic E-state index is 6.03. The zero-order valence-corrected chi connectivity index (χ0v) is 15.0. The number of rotatable bonds is 7. The third kappa shape index (κ3) is 5.40. The second-order valence-electron chi connectivity index (χ2n) is 5.53. The van der Waals surface area contributed by atoms with E-state index in [1.165, 1.54) is 0 Å². The van der Waals surface area contributed by atoms with E-state index in [2.05, 4.69) is 10.9 Å². The highest BCUT2D eigenvalue weighted by atomic mass is 35.5. The first-order valence-electron chi connectivity index (χ1n) is 7.90. The predicted octanol–water partition coefficient (Wildman–Crippen LogP) is 5.69. The highest BCUT2D eigenvalue weighted by Gasteiger charge is 2.02. The fourth-order valence-corrected chi connectivity index (χ4v) is 2.63. The fourth-order valence-electron chi connectivity index (χ4n) is 2.31. The van der Waals surface area contributed by atoms with Crippen LogP contribution < -0.4 is 15.6 Å². The Labute approximate surface area is 157 Å². The Balaban J connectivity index is 1.53. The molecule has 0 spiro atoms. The van der Waals surface area contributed by atoms with Crippen LogP contribution in [0.2, 0.25) is 10.0 Å². The standard InChI is InChI=1S/C20H18Cl2N2O/c21-19-10-9-16(12-20(19)22)14-25-18-8-4-5-15(11-18)13-23-24-17-6-2-1-3-7-17/h1-12,23-24H,13-14H2. The SMILES string of the molecule is Clc1ccc(COc2cccc(CNNc3ccccc3)c2)cc1Cl. The van der Waals surface area contributed by atoms with Crippen LogP contribution in [0, 0.1) is 0 Å². The first-order valence-corrected chi connectivity index (χ1v) is 8.66. The molecule has 0 unspecified atom stereocenters. The van der Waals surface area contributed by atoms with Crippen molar-refractivity contribution >= 4 is 28.9 Å². The van der Waals surface area contributed by atoms with Crippen molar-refractivity contribution < 1.29 is 4.74 Å². The van der Waals surface area contributed by atoms with Gasteiger partial charge in [0.25, 0.3) is 0 Å². The number of hydrogen-bond acceptors (Lipinski definition) is 3. The summed E-state index contributed by atoms with van der Waals surface area (Å²) in [4.78, 5) is 0. The topological polar surface area (TPSA) is 33.3 Å². The molecule has 0 aromatic heterocycles. The number of nitrogens with one attached hydrogen (secondary N) is 2. The van der Waals surface area contributed by atoms with Gasteiger partial charge in [0.1, 0.15) is 12.4 Å². The average molecular weight is 373 g/mol. The molecule has 0 aliphatic heterocycles. The van der Waals surface area contributed by atoms with E-state index in [4.69, 9.17) is 27.9 Å². The molecule has 128 valence electrons. The van der Waals surface area contributed by atoms with E-state index in [9.17, 15) is 0 Å². The molecular weight excluding hydrogens is 355 g/mol. The van der Waals surface area contributed by atoms with Gasteiger partial charge in [-0.2, -0.15) is 0 Å². The van der Waals surface area contributed by atoms with Crippen molar-refractivity contribution in [1.29, 1.82) is 0 Å². The number of ether oxygens (including phenoxy) is 1. The highest BCUT2D eigenvalue weighted by molar-refractivity contribution is 6.42. The van der Waals surface area contributed by atoms with Gasteiger partial charge in [-0.15, -0.1) is 0 Å². The summed E-state index contributed by atoms with van der Waals surface area (Å²) in [5.41, 5.74) is 9.48. The molecule has 0 radical (unpaired) electrons. The Kier molecular flexibility index (Phi) is 6.18. The molecule has 5 heteroatoms. The van der Waals surface area contributed by atoms with Crippen LogP contribution in [0.5, 0.6) is 5.75 Å². The molecule has 25 heavy (non-hydrogen) atoms. The lowest BCUT2D eigenvalue weighted by molar-refractivity contribution is 0.306. The first kappa shape index (κ1) is 17.6. The van der Waals surface area contributed by atoms with Crippen LogP contribution in [-0.4, -0.2) is 0 Å². The van der Waals surface area contributed by atoms with Gasteiger partial charge in [-0.25, -0.2) is 5.43 Å². The minimum absolute atomic E-state index is 0.441. The smallest absolute Gasteiger partial charge is 0.120 e. The van der Waals surface area contributed by atoms with Crippen molar-refractivity contribution in [1.82, 2.24) is 5.43 Å². The number of halogens is 2. The van der Waals surface area contributed by atoms with E-state index in [-0.39, 0.29) is 0 Å². The van der Waals surface area contributed by atoms with Gasteiger partial charge in [0.05, 0.1) is 10.0 Å². The van der Waals surface area contributed by atoms with Crippen LogP contribution in [0.1, 0.15) is 11.1 Å². The van der Waals surface area contributed by atoms with E-state index < -0.39 is 0 Å². The Morgan fingerprint density at radius 3 is 2.40 bits per heavy atom. The zero-order chi connectivity index (χ0) is 17.5. The van der Waals surface area contributed by atoms with Gasteiger partial charge in [0, 0.05) is 12.2 Å². The van der Waals surface area contributed by atoms with E-state index in [0.29, 0.717) is 23.2 Å². The molecule has 0 heterocycles. The average Bonchev–Trinajstić information content (AvgIpc) is 2.64. The zero-order valence-electron chi connectivity index (χ0n) is 13.5. The van der Waals surface area contributed by atoms with Gasteiger partial charge in [0.15, 0.2) is 0 Å².